The van der Waals surface area contributed by atoms with E-state index in [1.165, 1.54) is 0 Å². The Morgan fingerprint density at radius 3 is 2.71 bits per heavy atom. The van der Waals surface area contributed by atoms with Crippen molar-refractivity contribution in [3.05, 3.63) is 22.4 Å². The maximum absolute atomic E-state index is 12.2. The molecule has 1 fully saturated rings. The predicted molar refractivity (Wildman–Crippen MR) is 84.8 cm³/mol. The second-order valence-electron chi connectivity index (χ2n) is 5.35. The van der Waals surface area contributed by atoms with Crippen LogP contribution in [0.3, 0.4) is 0 Å². The van der Waals surface area contributed by atoms with Crippen LogP contribution in [0.4, 0.5) is 0 Å². The summed E-state index contributed by atoms with van der Waals surface area (Å²) in [5.74, 6) is 0.303. The molecule has 7 heteroatoms. The molecular formula is C14H22N2O3S2. The van der Waals surface area contributed by atoms with Crippen molar-refractivity contribution in [3.63, 3.8) is 0 Å². The van der Waals surface area contributed by atoms with Gasteiger partial charge in [-0.2, -0.15) is 0 Å². The van der Waals surface area contributed by atoms with Crippen LogP contribution in [0.15, 0.2) is 17.5 Å². The summed E-state index contributed by atoms with van der Waals surface area (Å²) in [6.45, 7) is 3.11. The average Bonchev–Trinajstić information content (AvgIpc) is 2.91. The van der Waals surface area contributed by atoms with Crippen molar-refractivity contribution in [1.29, 1.82) is 0 Å². The molecule has 21 heavy (non-hydrogen) atoms. The number of rotatable bonds is 6. The Hall–Kier alpha value is -0.920. The fourth-order valence-corrected chi connectivity index (χ4v) is 4.60. The number of amides is 1. The molecule has 0 atom stereocenters. The van der Waals surface area contributed by atoms with Crippen LogP contribution in [0.1, 0.15) is 31.1 Å². The van der Waals surface area contributed by atoms with Crippen molar-refractivity contribution >= 4 is 27.3 Å². The lowest BCUT2D eigenvalue weighted by Crippen LogP contribution is -2.47. The first-order chi connectivity index (χ1) is 10.00. The maximum Gasteiger partial charge on any atom is 0.227 e. The van der Waals surface area contributed by atoms with Gasteiger partial charge < -0.3 is 4.90 Å². The molecule has 2 heterocycles. The largest absolute Gasteiger partial charge is 0.342 e. The molecule has 1 saturated heterocycles. The summed E-state index contributed by atoms with van der Waals surface area (Å²) in [7, 11) is -3.16. The maximum atomic E-state index is 12.2. The van der Waals surface area contributed by atoms with Gasteiger partial charge in [-0.25, -0.2) is 13.1 Å². The van der Waals surface area contributed by atoms with Gasteiger partial charge in [-0.05, 0) is 30.7 Å². The first-order valence-corrected chi connectivity index (χ1v) is 9.83. The van der Waals surface area contributed by atoms with Crippen molar-refractivity contribution in [2.75, 3.05) is 18.8 Å². The van der Waals surface area contributed by atoms with Crippen LogP contribution >= 0.6 is 11.3 Å². The SMILES string of the molecule is CCCS(=O)(=O)NC1CCN(C(=O)Cc2cccs2)CC1. The zero-order chi connectivity index (χ0) is 15.3. The molecule has 1 aliphatic rings. The summed E-state index contributed by atoms with van der Waals surface area (Å²) in [4.78, 5) is 15.1. The fourth-order valence-electron chi connectivity index (χ4n) is 2.50. The summed E-state index contributed by atoms with van der Waals surface area (Å²) < 4.78 is 26.2. The van der Waals surface area contributed by atoms with Crippen molar-refractivity contribution < 1.29 is 13.2 Å². The van der Waals surface area contributed by atoms with Crippen LogP contribution in [0.2, 0.25) is 0 Å². The Balaban J connectivity index is 1.79. The standard InChI is InChI=1S/C14H22N2O3S2/c1-2-10-21(18,19)15-12-5-7-16(8-6-12)14(17)11-13-4-3-9-20-13/h3-4,9,12,15H,2,5-8,10-11H2,1H3. The average molecular weight is 330 g/mol. The second kappa shape index (κ2) is 7.38. The summed E-state index contributed by atoms with van der Waals surface area (Å²) in [5, 5.41) is 1.97. The van der Waals surface area contributed by atoms with E-state index in [0.29, 0.717) is 38.8 Å². The van der Waals surface area contributed by atoms with E-state index in [-0.39, 0.29) is 17.7 Å². The number of nitrogens with one attached hydrogen (secondary N) is 1. The smallest absolute Gasteiger partial charge is 0.227 e. The molecule has 5 nitrogen and oxygen atoms in total. The molecule has 1 aromatic rings. The van der Waals surface area contributed by atoms with E-state index in [1.807, 2.05) is 29.3 Å². The minimum atomic E-state index is -3.16. The molecule has 0 saturated carbocycles. The number of thiophene rings is 1. The van der Waals surface area contributed by atoms with Gasteiger partial charge in [0.2, 0.25) is 15.9 Å². The lowest BCUT2D eigenvalue weighted by atomic mass is 10.1. The minimum Gasteiger partial charge on any atom is -0.342 e. The lowest BCUT2D eigenvalue weighted by Gasteiger charge is -2.32. The van der Waals surface area contributed by atoms with Crippen molar-refractivity contribution in [2.45, 2.75) is 38.6 Å². The molecule has 1 aliphatic heterocycles. The molecule has 1 N–H and O–H groups in total. The zero-order valence-electron chi connectivity index (χ0n) is 12.2. The summed E-state index contributed by atoms with van der Waals surface area (Å²) in [6.07, 6.45) is 2.45. The number of nitrogens with zero attached hydrogens (tertiary/aromatic N) is 1. The van der Waals surface area contributed by atoms with Crippen LogP contribution in [-0.4, -0.2) is 44.1 Å². The first-order valence-electron chi connectivity index (χ1n) is 7.30. The molecular weight excluding hydrogens is 308 g/mol. The number of carbonyl (C=O) groups excluding carboxylic acids is 1. The van der Waals surface area contributed by atoms with Crippen LogP contribution in [0.5, 0.6) is 0 Å². The van der Waals surface area contributed by atoms with Gasteiger partial charge in [-0.1, -0.05) is 13.0 Å². The highest BCUT2D eigenvalue weighted by Crippen LogP contribution is 2.15. The minimum absolute atomic E-state index is 0.0349. The topological polar surface area (TPSA) is 66.5 Å². The number of hydrogen-bond donors (Lipinski definition) is 1. The Kier molecular flexibility index (Phi) is 5.78. The highest BCUT2D eigenvalue weighted by Gasteiger charge is 2.25. The van der Waals surface area contributed by atoms with Gasteiger partial charge in [0.1, 0.15) is 0 Å². The van der Waals surface area contributed by atoms with Gasteiger partial charge in [0.05, 0.1) is 12.2 Å². The van der Waals surface area contributed by atoms with Gasteiger partial charge >= 0.3 is 0 Å². The third kappa shape index (κ3) is 5.09. The van der Waals surface area contributed by atoms with Crippen LogP contribution in [-0.2, 0) is 21.2 Å². The molecule has 0 unspecified atom stereocenters. The zero-order valence-corrected chi connectivity index (χ0v) is 13.9. The van der Waals surface area contributed by atoms with Crippen LogP contribution < -0.4 is 4.72 Å². The highest BCUT2D eigenvalue weighted by molar-refractivity contribution is 7.89. The summed E-state index contributed by atoms with van der Waals surface area (Å²) >= 11 is 1.59. The van der Waals surface area contributed by atoms with Gasteiger partial charge in [0.25, 0.3) is 0 Å². The summed E-state index contributed by atoms with van der Waals surface area (Å²) in [5.41, 5.74) is 0. The monoisotopic (exact) mass is 330 g/mol. The lowest BCUT2D eigenvalue weighted by molar-refractivity contribution is -0.131. The molecule has 1 amide bonds. The van der Waals surface area contributed by atoms with E-state index < -0.39 is 10.0 Å². The Labute approximate surface area is 130 Å². The number of piperidine rings is 1. The Morgan fingerprint density at radius 2 is 2.14 bits per heavy atom. The van der Waals surface area contributed by atoms with E-state index >= 15 is 0 Å². The Bertz CT molecular complexity index is 547. The fraction of sp³-hybridized carbons (Fsp3) is 0.643. The molecule has 0 spiro atoms. The molecule has 0 aromatic carbocycles. The van der Waals surface area contributed by atoms with Crippen LogP contribution in [0, 0.1) is 0 Å². The molecule has 0 radical (unpaired) electrons. The highest BCUT2D eigenvalue weighted by atomic mass is 32.2. The number of carbonyl (C=O) groups is 1. The van der Waals surface area contributed by atoms with Crippen LogP contribution in [0.25, 0.3) is 0 Å². The van der Waals surface area contributed by atoms with Crippen molar-refractivity contribution in [2.24, 2.45) is 0 Å². The second-order valence-corrected chi connectivity index (χ2v) is 8.25. The third-order valence-electron chi connectivity index (χ3n) is 3.57. The number of likely N-dealkylation sites (tertiary alicyclic amines) is 1. The Morgan fingerprint density at radius 1 is 1.43 bits per heavy atom. The van der Waals surface area contributed by atoms with E-state index in [0.717, 1.165) is 4.88 Å². The number of sulfonamides is 1. The van der Waals surface area contributed by atoms with E-state index in [9.17, 15) is 13.2 Å². The van der Waals surface area contributed by atoms with Gasteiger partial charge in [0, 0.05) is 24.0 Å². The first kappa shape index (κ1) is 16.5. The van der Waals surface area contributed by atoms with E-state index in [4.69, 9.17) is 0 Å². The quantitative estimate of drug-likeness (QED) is 0.862. The molecule has 2 rings (SSSR count). The normalized spacial score (nSPS) is 17.1. The molecule has 118 valence electrons. The number of hydrogen-bond acceptors (Lipinski definition) is 4. The van der Waals surface area contributed by atoms with Crippen molar-refractivity contribution in [3.8, 4) is 0 Å². The predicted octanol–water partition coefficient (Wildman–Crippen LogP) is 1.61. The summed E-state index contributed by atoms with van der Waals surface area (Å²) in [6, 6.07) is 3.88. The van der Waals surface area contributed by atoms with Gasteiger partial charge in [-0.15, -0.1) is 11.3 Å². The van der Waals surface area contributed by atoms with E-state index in [1.54, 1.807) is 11.3 Å². The molecule has 0 bridgehead atoms. The van der Waals surface area contributed by atoms with E-state index in [2.05, 4.69) is 4.72 Å². The third-order valence-corrected chi connectivity index (χ3v) is 6.09. The van der Waals surface area contributed by atoms with Crippen molar-refractivity contribution in [1.82, 2.24) is 9.62 Å². The van der Waals surface area contributed by atoms with Gasteiger partial charge in [-0.3, -0.25) is 4.79 Å². The molecule has 0 aliphatic carbocycles. The molecule has 1 aromatic heterocycles. The van der Waals surface area contributed by atoms with Gasteiger partial charge in [0.15, 0.2) is 0 Å².